The van der Waals surface area contributed by atoms with E-state index in [-0.39, 0.29) is 17.1 Å². The molecule has 28 heavy (non-hydrogen) atoms. The van der Waals surface area contributed by atoms with E-state index in [0.717, 1.165) is 29.8 Å². The maximum atomic E-state index is 13.2. The summed E-state index contributed by atoms with van der Waals surface area (Å²) in [6, 6.07) is 6.31. The third-order valence-electron chi connectivity index (χ3n) is 5.35. The zero-order chi connectivity index (χ0) is 19.7. The lowest BCUT2D eigenvalue weighted by Crippen LogP contribution is -2.26. The number of benzene rings is 1. The number of nitrogens with zero attached hydrogens (tertiary/aromatic N) is 4. The highest BCUT2D eigenvalue weighted by molar-refractivity contribution is 7.13. The van der Waals surface area contributed by atoms with Crippen molar-refractivity contribution in [3.8, 4) is 5.69 Å². The highest BCUT2D eigenvalue weighted by Crippen LogP contribution is 2.42. The number of amides is 1. The van der Waals surface area contributed by atoms with Gasteiger partial charge in [-0.2, -0.15) is 5.10 Å². The van der Waals surface area contributed by atoms with Crippen LogP contribution < -0.4 is 5.32 Å². The van der Waals surface area contributed by atoms with Crippen LogP contribution >= 0.6 is 11.3 Å². The second kappa shape index (κ2) is 7.27. The average molecular weight is 397 g/mol. The summed E-state index contributed by atoms with van der Waals surface area (Å²) >= 11 is 1.30. The zero-order valence-electron chi connectivity index (χ0n) is 15.6. The Morgan fingerprint density at radius 3 is 2.86 bits per heavy atom. The lowest BCUT2D eigenvalue weighted by Gasteiger charge is -2.34. The summed E-state index contributed by atoms with van der Waals surface area (Å²) in [5.41, 5.74) is 5.63. The van der Waals surface area contributed by atoms with Crippen LogP contribution in [0.5, 0.6) is 0 Å². The van der Waals surface area contributed by atoms with E-state index in [1.807, 2.05) is 10.9 Å². The first-order chi connectivity index (χ1) is 13.4. The predicted molar refractivity (Wildman–Crippen MR) is 107 cm³/mol. The fourth-order valence-electron chi connectivity index (χ4n) is 3.49. The molecule has 6 nitrogen and oxygen atoms in total. The molecule has 1 aromatic carbocycles. The molecule has 1 atom stereocenters. The van der Waals surface area contributed by atoms with Crippen molar-refractivity contribution in [2.24, 2.45) is 5.41 Å². The minimum absolute atomic E-state index is 0.0569. The monoisotopic (exact) mass is 397 g/mol. The fourth-order valence-corrected chi connectivity index (χ4v) is 3.95. The molecule has 1 amide bonds. The van der Waals surface area contributed by atoms with Gasteiger partial charge in [-0.15, -0.1) is 10.2 Å². The first-order valence-corrected chi connectivity index (χ1v) is 9.90. The molecule has 0 unspecified atom stereocenters. The van der Waals surface area contributed by atoms with Crippen LogP contribution in [0.3, 0.4) is 0 Å². The van der Waals surface area contributed by atoms with Crippen molar-refractivity contribution in [3.05, 3.63) is 58.6 Å². The van der Waals surface area contributed by atoms with Crippen LogP contribution in [-0.4, -0.2) is 25.9 Å². The van der Waals surface area contributed by atoms with Gasteiger partial charge in [0, 0.05) is 6.42 Å². The summed E-state index contributed by atoms with van der Waals surface area (Å²) in [5.74, 6) is -0.325. The van der Waals surface area contributed by atoms with E-state index < -0.39 is 0 Å². The van der Waals surface area contributed by atoms with Crippen LogP contribution in [0.25, 0.3) is 11.8 Å². The van der Waals surface area contributed by atoms with Crippen molar-refractivity contribution in [1.82, 2.24) is 20.0 Å². The van der Waals surface area contributed by atoms with E-state index in [1.165, 1.54) is 29.0 Å². The smallest absolute Gasteiger partial charge is 0.226 e. The lowest BCUT2D eigenvalue weighted by molar-refractivity contribution is -0.116. The van der Waals surface area contributed by atoms with Crippen molar-refractivity contribution in [2.75, 3.05) is 5.32 Å². The Morgan fingerprint density at radius 1 is 1.36 bits per heavy atom. The van der Waals surface area contributed by atoms with Crippen molar-refractivity contribution >= 4 is 28.5 Å². The minimum atomic E-state index is -0.268. The largest absolute Gasteiger partial charge is 0.301 e. The van der Waals surface area contributed by atoms with E-state index in [1.54, 1.807) is 17.6 Å². The minimum Gasteiger partial charge on any atom is -0.301 e. The van der Waals surface area contributed by atoms with Gasteiger partial charge in [0.05, 0.1) is 17.6 Å². The molecule has 1 aliphatic carbocycles. The second-order valence-electron chi connectivity index (χ2n) is 7.30. The summed E-state index contributed by atoms with van der Waals surface area (Å²) < 4.78 is 15.1. The molecule has 1 N–H and O–H groups in total. The van der Waals surface area contributed by atoms with Gasteiger partial charge in [-0.1, -0.05) is 23.8 Å². The fraction of sp³-hybridized carbons (Fsp3) is 0.300. The van der Waals surface area contributed by atoms with Crippen LogP contribution in [-0.2, 0) is 11.2 Å². The van der Waals surface area contributed by atoms with Crippen molar-refractivity contribution in [1.29, 1.82) is 0 Å². The number of rotatable bonds is 5. The molecule has 0 fully saturated rings. The third-order valence-corrected chi connectivity index (χ3v) is 5.96. The van der Waals surface area contributed by atoms with Crippen molar-refractivity contribution in [3.63, 3.8) is 0 Å². The Bertz CT molecular complexity index is 1030. The van der Waals surface area contributed by atoms with Crippen molar-refractivity contribution in [2.45, 2.75) is 33.1 Å². The number of halogens is 1. The van der Waals surface area contributed by atoms with Crippen LogP contribution in [0.15, 0.2) is 41.5 Å². The second-order valence-corrected chi connectivity index (χ2v) is 8.13. The Morgan fingerprint density at radius 2 is 2.14 bits per heavy atom. The molecule has 1 aliphatic rings. The average Bonchev–Trinajstić information content (AvgIpc) is 3.31. The summed E-state index contributed by atoms with van der Waals surface area (Å²) in [7, 11) is 0. The van der Waals surface area contributed by atoms with Gasteiger partial charge < -0.3 is 5.32 Å². The Labute approximate surface area is 166 Å². The standard InChI is InChI=1S/C20H20FN5OS/c1-13-9-17-14(11-23-26(17)16-5-3-15(21)4-6-16)10-20(13,2)8-7-18(27)24-19-25-22-12-28-19/h3-6,9,11-12H,7-8,10H2,1-2H3,(H,24,25,27)/t20-/m0/s1. The normalized spacial score (nSPS) is 18.5. The molecular formula is C20H20FN5OS. The van der Waals surface area contributed by atoms with Crippen molar-refractivity contribution < 1.29 is 9.18 Å². The number of fused-ring (bicyclic) bond motifs is 1. The summed E-state index contributed by atoms with van der Waals surface area (Å²) in [6.45, 7) is 4.27. The molecule has 0 saturated heterocycles. The molecule has 144 valence electrons. The highest BCUT2D eigenvalue weighted by Gasteiger charge is 2.33. The van der Waals surface area contributed by atoms with Crippen LogP contribution in [0.4, 0.5) is 9.52 Å². The Kier molecular flexibility index (Phi) is 4.80. The summed E-state index contributed by atoms with van der Waals surface area (Å²) in [4.78, 5) is 12.2. The molecular weight excluding hydrogens is 377 g/mol. The van der Waals surface area contributed by atoms with Gasteiger partial charge in [-0.3, -0.25) is 4.79 Å². The number of nitrogens with one attached hydrogen (secondary N) is 1. The van der Waals surface area contributed by atoms with Crippen LogP contribution in [0.2, 0.25) is 0 Å². The Balaban J connectivity index is 1.50. The number of hydrogen-bond donors (Lipinski definition) is 1. The molecule has 3 aromatic rings. The molecule has 0 spiro atoms. The summed E-state index contributed by atoms with van der Waals surface area (Å²) in [5, 5.41) is 15.4. The van der Waals surface area contributed by atoms with Gasteiger partial charge in [0.25, 0.3) is 0 Å². The van der Waals surface area contributed by atoms with E-state index in [9.17, 15) is 9.18 Å². The number of anilines is 1. The van der Waals surface area contributed by atoms with E-state index in [2.05, 4.69) is 40.5 Å². The maximum Gasteiger partial charge on any atom is 0.226 e. The van der Waals surface area contributed by atoms with Gasteiger partial charge in [0.15, 0.2) is 0 Å². The third kappa shape index (κ3) is 3.60. The first-order valence-electron chi connectivity index (χ1n) is 9.02. The molecule has 0 bridgehead atoms. The van der Waals surface area contributed by atoms with E-state index >= 15 is 0 Å². The quantitative estimate of drug-likeness (QED) is 0.699. The lowest BCUT2D eigenvalue weighted by atomic mass is 9.71. The molecule has 4 rings (SSSR count). The predicted octanol–water partition coefficient (Wildman–Crippen LogP) is 4.25. The molecule has 2 aromatic heterocycles. The van der Waals surface area contributed by atoms with Gasteiger partial charge in [0.2, 0.25) is 11.0 Å². The van der Waals surface area contributed by atoms with E-state index in [0.29, 0.717) is 11.6 Å². The SMILES string of the molecule is CC1=Cc2c(cnn2-c2ccc(F)cc2)C[C@]1(C)CCC(=O)Nc1nncs1. The topological polar surface area (TPSA) is 72.7 Å². The highest BCUT2D eigenvalue weighted by atomic mass is 32.1. The van der Waals surface area contributed by atoms with Gasteiger partial charge in [-0.05, 0) is 61.1 Å². The summed E-state index contributed by atoms with van der Waals surface area (Å²) in [6.07, 6.45) is 5.92. The molecule has 8 heteroatoms. The number of carbonyl (C=O) groups excluding carboxylic acids is 1. The number of aromatic nitrogens is 4. The molecule has 0 aliphatic heterocycles. The first kappa shape index (κ1) is 18.5. The number of hydrogen-bond acceptors (Lipinski definition) is 5. The van der Waals surface area contributed by atoms with Gasteiger partial charge >= 0.3 is 0 Å². The van der Waals surface area contributed by atoms with Gasteiger partial charge in [0.1, 0.15) is 11.3 Å². The van der Waals surface area contributed by atoms with Crippen LogP contribution in [0, 0.1) is 11.2 Å². The number of carbonyl (C=O) groups is 1. The van der Waals surface area contributed by atoms with E-state index in [4.69, 9.17) is 0 Å². The molecule has 0 saturated carbocycles. The zero-order valence-corrected chi connectivity index (χ0v) is 16.5. The molecule has 0 radical (unpaired) electrons. The maximum absolute atomic E-state index is 13.2. The number of allylic oxidation sites excluding steroid dienone is 1. The molecule has 2 heterocycles. The van der Waals surface area contributed by atoms with Gasteiger partial charge in [-0.25, -0.2) is 9.07 Å². The Hall–Kier alpha value is -2.87. The van der Waals surface area contributed by atoms with Crippen LogP contribution in [0.1, 0.15) is 37.9 Å².